The minimum absolute atomic E-state index is 0.0476. The lowest BCUT2D eigenvalue weighted by Gasteiger charge is -2.25. The third-order valence-electron chi connectivity index (χ3n) is 4.39. The normalized spacial score (nSPS) is 16.0. The number of halogens is 3. The predicted molar refractivity (Wildman–Crippen MR) is 102 cm³/mol. The SMILES string of the molecule is O=C1NC(=O)N(c2cccnc2)C(=O)/C1=C/c1ccc(-c2cccc(C(F)(F)F)c2)o1. The second-order valence-corrected chi connectivity index (χ2v) is 6.45. The van der Waals surface area contributed by atoms with Gasteiger partial charge in [0.2, 0.25) is 0 Å². The van der Waals surface area contributed by atoms with Gasteiger partial charge < -0.3 is 4.42 Å². The highest BCUT2D eigenvalue weighted by atomic mass is 19.4. The van der Waals surface area contributed by atoms with Crippen molar-refractivity contribution >= 4 is 29.6 Å². The zero-order chi connectivity index (χ0) is 22.2. The van der Waals surface area contributed by atoms with Crippen LogP contribution in [0.3, 0.4) is 0 Å². The highest BCUT2D eigenvalue weighted by molar-refractivity contribution is 6.39. The number of pyridine rings is 1. The van der Waals surface area contributed by atoms with Crippen LogP contribution >= 0.6 is 0 Å². The minimum atomic E-state index is -4.51. The van der Waals surface area contributed by atoms with Gasteiger partial charge in [-0.05, 0) is 42.5 Å². The van der Waals surface area contributed by atoms with E-state index < -0.39 is 29.6 Å². The van der Waals surface area contributed by atoms with Crippen LogP contribution in [0.2, 0.25) is 0 Å². The second kappa shape index (κ2) is 7.56. The molecule has 156 valence electrons. The molecule has 1 aliphatic heterocycles. The molecule has 0 bridgehead atoms. The van der Waals surface area contributed by atoms with Crippen LogP contribution < -0.4 is 10.2 Å². The van der Waals surface area contributed by atoms with Gasteiger partial charge in [0.25, 0.3) is 11.8 Å². The summed E-state index contributed by atoms with van der Waals surface area (Å²) < 4.78 is 44.3. The number of hydrogen-bond acceptors (Lipinski definition) is 5. The smallest absolute Gasteiger partial charge is 0.416 e. The van der Waals surface area contributed by atoms with Crippen molar-refractivity contribution in [2.24, 2.45) is 0 Å². The van der Waals surface area contributed by atoms with Crippen molar-refractivity contribution in [1.29, 1.82) is 0 Å². The molecular formula is C21H12F3N3O4. The Hall–Kier alpha value is -4.21. The maximum Gasteiger partial charge on any atom is 0.416 e. The number of benzene rings is 1. The van der Waals surface area contributed by atoms with E-state index in [0.717, 1.165) is 23.1 Å². The highest BCUT2D eigenvalue weighted by Crippen LogP contribution is 2.33. The van der Waals surface area contributed by atoms with Gasteiger partial charge in [0, 0.05) is 11.8 Å². The van der Waals surface area contributed by atoms with Crippen molar-refractivity contribution < 1.29 is 32.0 Å². The monoisotopic (exact) mass is 427 g/mol. The fourth-order valence-corrected chi connectivity index (χ4v) is 2.95. The number of alkyl halides is 3. The first-order valence-corrected chi connectivity index (χ1v) is 8.83. The van der Waals surface area contributed by atoms with Crippen molar-refractivity contribution in [2.45, 2.75) is 6.18 Å². The van der Waals surface area contributed by atoms with E-state index in [0.29, 0.717) is 0 Å². The lowest BCUT2D eigenvalue weighted by atomic mass is 10.1. The number of amides is 4. The third kappa shape index (κ3) is 3.95. The zero-order valence-electron chi connectivity index (χ0n) is 15.5. The summed E-state index contributed by atoms with van der Waals surface area (Å²) in [6.45, 7) is 0. The first-order chi connectivity index (χ1) is 14.7. The zero-order valence-corrected chi connectivity index (χ0v) is 15.5. The average Bonchev–Trinajstić information content (AvgIpc) is 3.20. The van der Waals surface area contributed by atoms with Crippen molar-refractivity contribution in [3.63, 3.8) is 0 Å². The first kappa shape index (κ1) is 20.1. The lowest BCUT2D eigenvalue weighted by molar-refractivity contribution is -0.137. The summed E-state index contributed by atoms with van der Waals surface area (Å²) in [7, 11) is 0. The largest absolute Gasteiger partial charge is 0.457 e. The van der Waals surface area contributed by atoms with Crippen LogP contribution in [0.15, 0.2) is 70.9 Å². The van der Waals surface area contributed by atoms with E-state index in [1.165, 1.54) is 48.8 Å². The Morgan fingerprint density at radius 3 is 2.55 bits per heavy atom. The Balaban J connectivity index is 1.66. The quantitative estimate of drug-likeness (QED) is 0.503. The van der Waals surface area contributed by atoms with Crippen LogP contribution in [-0.4, -0.2) is 22.8 Å². The molecule has 0 aliphatic carbocycles. The van der Waals surface area contributed by atoms with E-state index in [4.69, 9.17) is 4.42 Å². The van der Waals surface area contributed by atoms with Gasteiger partial charge in [-0.3, -0.25) is 19.9 Å². The van der Waals surface area contributed by atoms with Crippen molar-refractivity contribution in [1.82, 2.24) is 10.3 Å². The van der Waals surface area contributed by atoms with Gasteiger partial charge >= 0.3 is 12.2 Å². The van der Waals surface area contributed by atoms with Gasteiger partial charge in [-0.25, -0.2) is 9.69 Å². The molecule has 2 aromatic heterocycles. The number of carbonyl (C=O) groups is 3. The van der Waals surface area contributed by atoms with Crippen LogP contribution in [0.4, 0.5) is 23.7 Å². The molecule has 10 heteroatoms. The molecule has 0 spiro atoms. The number of carbonyl (C=O) groups excluding carboxylic acids is 3. The van der Waals surface area contributed by atoms with Crippen LogP contribution in [0.1, 0.15) is 11.3 Å². The number of nitrogens with zero attached hydrogens (tertiary/aromatic N) is 2. The summed E-state index contributed by atoms with van der Waals surface area (Å²) in [6.07, 6.45) is -0.660. The molecule has 0 saturated carbocycles. The topological polar surface area (TPSA) is 92.5 Å². The van der Waals surface area contributed by atoms with Gasteiger partial charge in [0.15, 0.2) is 0 Å². The standard InChI is InChI=1S/C21H12F3N3O4/c22-21(23,24)13-4-1-3-12(9-13)17-7-6-15(31-17)10-16-18(28)26-20(30)27(19(16)29)14-5-2-8-25-11-14/h1-11H,(H,26,28,30)/b16-10+. The summed E-state index contributed by atoms with van der Waals surface area (Å²) in [5, 5.41) is 2.06. The molecule has 0 radical (unpaired) electrons. The molecule has 4 rings (SSSR count). The maximum atomic E-state index is 12.9. The molecule has 0 atom stereocenters. The lowest BCUT2D eigenvalue weighted by Crippen LogP contribution is -2.54. The Labute approximate surface area is 172 Å². The molecule has 1 saturated heterocycles. The van der Waals surface area contributed by atoms with Crippen molar-refractivity contribution in [3.05, 3.63) is 77.8 Å². The van der Waals surface area contributed by atoms with Crippen LogP contribution in [0, 0.1) is 0 Å². The Morgan fingerprint density at radius 1 is 1.03 bits per heavy atom. The van der Waals surface area contributed by atoms with E-state index >= 15 is 0 Å². The highest BCUT2D eigenvalue weighted by Gasteiger charge is 2.37. The fourth-order valence-electron chi connectivity index (χ4n) is 2.95. The molecule has 7 nitrogen and oxygen atoms in total. The van der Waals surface area contributed by atoms with Gasteiger partial charge in [-0.2, -0.15) is 13.2 Å². The number of imide groups is 2. The van der Waals surface area contributed by atoms with Crippen LogP contribution in [-0.2, 0) is 15.8 Å². The Morgan fingerprint density at radius 2 is 1.84 bits per heavy atom. The van der Waals surface area contributed by atoms with E-state index in [2.05, 4.69) is 10.3 Å². The number of anilines is 1. The van der Waals surface area contributed by atoms with E-state index in [-0.39, 0.29) is 28.3 Å². The minimum Gasteiger partial charge on any atom is -0.457 e. The van der Waals surface area contributed by atoms with E-state index in [1.807, 2.05) is 0 Å². The molecule has 1 aromatic carbocycles. The number of rotatable bonds is 3. The third-order valence-corrected chi connectivity index (χ3v) is 4.39. The molecule has 1 fully saturated rings. The number of nitrogens with one attached hydrogen (secondary N) is 1. The molecule has 3 aromatic rings. The van der Waals surface area contributed by atoms with Gasteiger partial charge in [0.05, 0.1) is 17.4 Å². The number of aromatic nitrogens is 1. The molecule has 4 amide bonds. The average molecular weight is 427 g/mol. The van der Waals surface area contributed by atoms with Crippen molar-refractivity contribution in [2.75, 3.05) is 4.90 Å². The van der Waals surface area contributed by atoms with Crippen LogP contribution in [0.25, 0.3) is 17.4 Å². The predicted octanol–water partition coefficient (Wildman–Crippen LogP) is 4.03. The van der Waals surface area contributed by atoms with Crippen LogP contribution in [0.5, 0.6) is 0 Å². The van der Waals surface area contributed by atoms with E-state index in [9.17, 15) is 27.6 Å². The van der Waals surface area contributed by atoms with Gasteiger partial charge in [-0.1, -0.05) is 12.1 Å². The summed E-state index contributed by atoms with van der Waals surface area (Å²) in [5.74, 6) is -1.65. The number of furan rings is 1. The molecule has 1 N–H and O–H groups in total. The molecule has 3 heterocycles. The number of barbiturate groups is 1. The van der Waals surface area contributed by atoms with Gasteiger partial charge in [0.1, 0.15) is 17.1 Å². The molecule has 0 unspecified atom stereocenters. The fraction of sp³-hybridized carbons (Fsp3) is 0.0476. The molecule has 1 aliphatic rings. The molecular weight excluding hydrogens is 415 g/mol. The number of urea groups is 1. The Bertz CT molecular complexity index is 1220. The first-order valence-electron chi connectivity index (χ1n) is 8.83. The summed E-state index contributed by atoms with van der Waals surface area (Å²) in [5.41, 5.74) is -0.888. The Kier molecular flexibility index (Phi) is 4.90. The van der Waals surface area contributed by atoms with Crippen molar-refractivity contribution in [3.8, 4) is 11.3 Å². The van der Waals surface area contributed by atoms with Gasteiger partial charge in [-0.15, -0.1) is 0 Å². The summed E-state index contributed by atoms with van der Waals surface area (Å²) >= 11 is 0. The molecule has 31 heavy (non-hydrogen) atoms. The summed E-state index contributed by atoms with van der Waals surface area (Å²) in [6, 6.07) is 9.41. The second-order valence-electron chi connectivity index (χ2n) is 6.45. The van der Waals surface area contributed by atoms with E-state index in [1.54, 1.807) is 0 Å². The maximum absolute atomic E-state index is 12.9. The number of hydrogen-bond donors (Lipinski definition) is 1. The summed E-state index contributed by atoms with van der Waals surface area (Å²) in [4.78, 5) is 41.7.